The van der Waals surface area contributed by atoms with E-state index in [-0.39, 0.29) is 5.60 Å². The predicted molar refractivity (Wildman–Crippen MR) is 65.9 cm³/mol. The number of aryl methyl sites for hydroxylation is 1. The van der Waals surface area contributed by atoms with Crippen molar-refractivity contribution in [2.75, 3.05) is 11.9 Å². The van der Waals surface area contributed by atoms with Crippen LogP contribution in [0.3, 0.4) is 0 Å². The number of nitrogens with one attached hydrogen (secondary N) is 1. The molecule has 4 nitrogen and oxygen atoms in total. The molecule has 0 amide bonds. The van der Waals surface area contributed by atoms with E-state index in [4.69, 9.17) is 4.74 Å². The monoisotopic (exact) mass is 223 g/mol. The van der Waals surface area contributed by atoms with Gasteiger partial charge in [0.05, 0.1) is 0 Å². The summed E-state index contributed by atoms with van der Waals surface area (Å²) in [5.74, 6) is 1.26. The maximum Gasteiger partial charge on any atom is 0.226 e. The molecule has 0 unspecified atom stereocenters. The van der Waals surface area contributed by atoms with E-state index in [0.717, 1.165) is 18.7 Å². The average Bonchev–Trinajstić information content (AvgIpc) is 2.16. The van der Waals surface area contributed by atoms with Gasteiger partial charge in [0.25, 0.3) is 0 Å². The first-order chi connectivity index (χ1) is 7.46. The molecule has 0 fully saturated rings. The molecule has 0 aromatic carbocycles. The minimum Gasteiger partial charge on any atom is -0.472 e. The summed E-state index contributed by atoms with van der Waals surface area (Å²) in [5.41, 5.74) is 0.720. The Morgan fingerprint density at radius 1 is 1.31 bits per heavy atom. The first kappa shape index (κ1) is 12.7. The minimum absolute atomic E-state index is 0.190. The van der Waals surface area contributed by atoms with Crippen molar-refractivity contribution in [2.45, 2.75) is 46.6 Å². The fourth-order valence-corrected chi connectivity index (χ4v) is 1.18. The molecule has 0 aliphatic heterocycles. The lowest BCUT2D eigenvalue weighted by Gasteiger charge is -2.24. The minimum atomic E-state index is -0.190. The number of hydrogen-bond acceptors (Lipinski definition) is 4. The molecule has 0 aliphatic rings. The third kappa shape index (κ3) is 3.68. The van der Waals surface area contributed by atoms with Gasteiger partial charge in [0.2, 0.25) is 11.8 Å². The second-order valence-electron chi connectivity index (χ2n) is 4.42. The number of rotatable bonds is 5. The number of nitrogens with zero attached hydrogens (tertiary/aromatic N) is 2. The lowest BCUT2D eigenvalue weighted by Crippen LogP contribution is -2.27. The Labute approximate surface area is 97.5 Å². The Bertz CT molecular complexity index is 350. The second kappa shape index (κ2) is 5.14. The molecular formula is C12H21N3O. The van der Waals surface area contributed by atoms with Crippen LogP contribution in [0.1, 0.15) is 39.8 Å². The normalized spacial score (nSPS) is 11.3. The third-order valence-corrected chi connectivity index (χ3v) is 2.40. The van der Waals surface area contributed by atoms with Crippen LogP contribution in [0, 0.1) is 6.92 Å². The number of anilines is 1. The summed E-state index contributed by atoms with van der Waals surface area (Å²) in [6, 6.07) is 1.86. The van der Waals surface area contributed by atoms with Gasteiger partial charge in [-0.3, -0.25) is 0 Å². The van der Waals surface area contributed by atoms with E-state index in [9.17, 15) is 0 Å². The van der Waals surface area contributed by atoms with Gasteiger partial charge in [-0.1, -0.05) is 6.92 Å². The smallest absolute Gasteiger partial charge is 0.226 e. The summed E-state index contributed by atoms with van der Waals surface area (Å²) in [5, 5.41) is 3.09. The molecule has 1 heterocycles. The Morgan fingerprint density at radius 2 is 2.00 bits per heavy atom. The summed E-state index contributed by atoms with van der Waals surface area (Å²) >= 11 is 0. The lowest BCUT2D eigenvalue weighted by molar-refractivity contribution is 0.0989. The highest BCUT2D eigenvalue weighted by Gasteiger charge is 2.18. The molecule has 0 atom stereocenters. The molecule has 0 radical (unpaired) electrons. The SMILES string of the molecule is CCNc1nc(C)cc(OC(C)(C)CC)n1. The zero-order valence-corrected chi connectivity index (χ0v) is 10.8. The van der Waals surface area contributed by atoms with Crippen LogP contribution in [-0.2, 0) is 0 Å². The Balaban J connectivity index is 2.87. The van der Waals surface area contributed by atoms with Crippen LogP contribution in [0.2, 0.25) is 0 Å². The molecule has 1 N–H and O–H groups in total. The van der Waals surface area contributed by atoms with E-state index in [0.29, 0.717) is 11.8 Å². The molecular weight excluding hydrogens is 202 g/mol. The molecule has 16 heavy (non-hydrogen) atoms. The van der Waals surface area contributed by atoms with Crippen LogP contribution >= 0.6 is 0 Å². The molecule has 0 saturated heterocycles. The van der Waals surface area contributed by atoms with Crippen LogP contribution in [0.15, 0.2) is 6.07 Å². The fraction of sp³-hybridized carbons (Fsp3) is 0.667. The van der Waals surface area contributed by atoms with E-state index in [1.807, 2.05) is 19.9 Å². The van der Waals surface area contributed by atoms with Gasteiger partial charge in [-0.25, -0.2) is 4.98 Å². The van der Waals surface area contributed by atoms with Gasteiger partial charge >= 0.3 is 0 Å². The largest absolute Gasteiger partial charge is 0.472 e. The molecule has 1 aromatic heterocycles. The van der Waals surface area contributed by atoms with E-state index in [1.165, 1.54) is 0 Å². The molecule has 0 bridgehead atoms. The predicted octanol–water partition coefficient (Wildman–Crippen LogP) is 2.78. The summed E-state index contributed by atoms with van der Waals surface area (Å²) in [7, 11) is 0. The van der Waals surface area contributed by atoms with E-state index < -0.39 is 0 Å². The molecule has 0 spiro atoms. The molecule has 90 valence electrons. The molecule has 1 rings (SSSR count). The van der Waals surface area contributed by atoms with E-state index in [1.54, 1.807) is 0 Å². The van der Waals surface area contributed by atoms with Gasteiger partial charge < -0.3 is 10.1 Å². The van der Waals surface area contributed by atoms with Gasteiger partial charge in [-0.15, -0.1) is 0 Å². The van der Waals surface area contributed by atoms with E-state index in [2.05, 4.69) is 36.1 Å². The van der Waals surface area contributed by atoms with Crippen molar-refractivity contribution in [3.8, 4) is 5.88 Å². The van der Waals surface area contributed by atoms with Gasteiger partial charge in [-0.2, -0.15) is 4.98 Å². The lowest BCUT2D eigenvalue weighted by atomic mass is 10.1. The third-order valence-electron chi connectivity index (χ3n) is 2.40. The van der Waals surface area contributed by atoms with E-state index >= 15 is 0 Å². The molecule has 4 heteroatoms. The Morgan fingerprint density at radius 3 is 2.56 bits per heavy atom. The maximum absolute atomic E-state index is 5.83. The van der Waals surface area contributed by atoms with Gasteiger partial charge in [0.15, 0.2) is 0 Å². The summed E-state index contributed by atoms with van der Waals surface area (Å²) in [4.78, 5) is 8.59. The second-order valence-corrected chi connectivity index (χ2v) is 4.42. The number of hydrogen-bond donors (Lipinski definition) is 1. The van der Waals surface area contributed by atoms with Crippen LogP contribution in [0.5, 0.6) is 5.88 Å². The van der Waals surface area contributed by atoms with Crippen LogP contribution < -0.4 is 10.1 Å². The maximum atomic E-state index is 5.83. The average molecular weight is 223 g/mol. The number of aromatic nitrogens is 2. The quantitative estimate of drug-likeness (QED) is 0.833. The summed E-state index contributed by atoms with van der Waals surface area (Å²) < 4.78 is 5.83. The van der Waals surface area contributed by atoms with Crippen molar-refractivity contribution in [3.05, 3.63) is 11.8 Å². The zero-order valence-electron chi connectivity index (χ0n) is 10.8. The highest BCUT2D eigenvalue weighted by molar-refractivity contribution is 5.30. The Kier molecular flexibility index (Phi) is 4.10. The highest BCUT2D eigenvalue weighted by atomic mass is 16.5. The van der Waals surface area contributed by atoms with Crippen LogP contribution in [-0.4, -0.2) is 22.1 Å². The molecule has 0 saturated carbocycles. The van der Waals surface area contributed by atoms with Gasteiger partial charge in [-0.05, 0) is 34.1 Å². The van der Waals surface area contributed by atoms with Crippen molar-refractivity contribution in [3.63, 3.8) is 0 Å². The Hall–Kier alpha value is -1.32. The number of ether oxygens (including phenoxy) is 1. The zero-order chi connectivity index (χ0) is 12.2. The van der Waals surface area contributed by atoms with Crippen LogP contribution in [0.25, 0.3) is 0 Å². The molecule has 1 aromatic rings. The van der Waals surface area contributed by atoms with Crippen molar-refractivity contribution in [1.82, 2.24) is 9.97 Å². The fourth-order valence-electron chi connectivity index (χ4n) is 1.18. The summed E-state index contributed by atoms with van der Waals surface area (Å²) in [6.45, 7) is 11.0. The highest BCUT2D eigenvalue weighted by Crippen LogP contribution is 2.20. The van der Waals surface area contributed by atoms with Gasteiger partial charge in [0, 0.05) is 18.3 Å². The first-order valence-corrected chi connectivity index (χ1v) is 5.75. The van der Waals surface area contributed by atoms with Crippen molar-refractivity contribution < 1.29 is 4.74 Å². The van der Waals surface area contributed by atoms with Crippen molar-refractivity contribution in [2.24, 2.45) is 0 Å². The van der Waals surface area contributed by atoms with Crippen molar-refractivity contribution in [1.29, 1.82) is 0 Å². The first-order valence-electron chi connectivity index (χ1n) is 5.75. The van der Waals surface area contributed by atoms with Crippen molar-refractivity contribution >= 4 is 5.95 Å². The topological polar surface area (TPSA) is 47.0 Å². The standard InChI is InChI=1S/C12H21N3O/c1-6-12(4,5)16-10-8-9(3)14-11(15-10)13-7-2/h8H,6-7H2,1-5H3,(H,13,14,15). The molecule has 0 aliphatic carbocycles. The van der Waals surface area contributed by atoms with Crippen LogP contribution in [0.4, 0.5) is 5.95 Å². The van der Waals surface area contributed by atoms with Gasteiger partial charge in [0.1, 0.15) is 5.60 Å². The summed E-state index contributed by atoms with van der Waals surface area (Å²) in [6.07, 6.45) is 0.937.